The second kappa shape index (κ2) is 6.13. The van der Waals surface area contributed by atoms with E-state index >= 15 is 0 Å². The van der Waals surface area contributed by atoms with Crippen molar-refractivity contribution in [2.24, 2.45) is 0 Å². The van der Waals surface area contributed by atoms with E-state index in [1.807, 2.05) is 0 Å². The minimum Gasteiger partial charge on any atom is -0.420 e. The third-order valence-corrected chi connectivity index (χ3v) is 4.45. The summed E-state index contributed by atoms with van der Waals surface area (Å²) in [7, 11) is -0.764. The monoisotopic (exact) mass is 313 g/mol. The SMILES string of the molecule is COP(=O)(Cc1nnc(-c2ccc([N+](=O)[O-])cc2)o1)OC. The Labute approximate surface area is 119 Å². The maximum atomic E-state index is 11.9. The van der Waals surface area contributed by atoms with Crippen molar-refractivity contribution in [1.82, 2.24) is 10.2 Å². The fourth-order valence-electron chi connectivity index (χ4n) is 1.53. The minimum atomic E-state index is -3.29. The van der Waals surface area contributed by atoms with E-state index in [-0.39, 0.29) is 23.6 Å². The van der Waals surface area contributed by atoms with Crippen molar-refractivity contribution in [2.75, 3.05) is 14.2 Å². The van der Waals surface area contributed by atoms with E-state index in [2.05, 4.69) is 10.2 Å². The maximum absolute atomic E-state index is 11.9. The standard InChI is InChI=1S/C11H12N3O6P/c1-18-21(17,19-2)7-10-12-13-11(20-10)8-3-5-9(6-4-8)14(15)16/h3-6H,7H2,1-2H3. The van der Waals surface area contributed by atoms with E-state index in [1.54, 1.807) is 0 Å². The Hall–Kier alpha value is -2.09. The van der Waals surface area contributed by atoms with Crippen molar-refractivity contribution in [3.05, 3.63) is 40.3 Å². The Balaban J connectivity index is 2.20. The molecule has 21 heavy (non-hydrogen) atoms. The summed E-state index contributed by atoms with van der Waals surface area (Å²) in [6.07, 6.45) is -0.153. The van der Waals surface area contributed by atoms with Crippen molar-refractivity contribution in [3.63, 3.8) is 0 Å². The van der Waals surface area contributed by atoms with E-state index in [0.717, 1.165) is 0 Å². The van der Waals surface area contributed by atoms with Gasteiger partial charge in [-0.25, -0.2) is 0 Å². The van der Waals surface area contributed by atoms with Crippen molar-refractivity contribution in [2.45, 2.75) is 6.16 Å². The van der Waals surface area contributed by atoms with Crippen molar-refractivity contribution >= 4 is 13.3 Å². The molecule has 9 nitrogen and oxygen atoms in total. The van der Waals surface area contributed by atoms with Crippen LogP contribution in [-0.2, 0) is 19.8 Å². The predicted molar refractivity (Wildman–Crippen MR) is 71.7 cm³/mol. The molecule has 2 rings (SSSR count). The highest BCUT2D eigenvalue weighted by Gasteiger charge is 2.25. The zero-order valence-corrected chi connectivity index (χ0v) is 12.1. The quantitative estimate of drug-likeness (QED) is 0.453. The normalized spacial score (nSPS) is 11.5. The van der Waals surface area contributed by atoms with Crippen LogP contribution in [0.3, 0.4) is 0 Å². The molecular weight excluding hydrogens is 301 g/mol. The van der Waals surface area contributed by atoms with Gasteiger partial charge in [0.05, 0.1) is 4.92 Å². The molecule has 0 aliphatic carbocycles. The lowest BCUT2D eigenvalue weighted by Crippen LogP contribution is -1.93. The highest BCUT2D eigenvalue weighted by Crippen LogP contribution is 2.49. The summed E-state index contributed by atoms with van der Waals surface area (Å²) in [5.41, 5.74) is 0.478. The predicted octanol–water partition coefficient (Wildman–Crippen LogP) is 2.63. The molecule has 112 valence electrons. The number of rotatable bonds is 6. The molecule has 0 spiro atoms. The molecule has 0 amide bonds. The van der Waals surface area contributed by atoms with Gasteiger partial charge in [0, 0.05) is 31.9 Å². The Morgan fingerprint density at radius 2 is 1.86 bits per heavy atom. The molecule has 0 radical (unpaired) electrons. The van der Waals surface area contributed by atoms with Gasteiger partial charge in [0.25, 0.3) is 5.69 Å². The molecule has 1 aromatic heterocycles. The third kappa shape index (κ3) is 3.52. The van der Waals surface area contributed by atoms with E-state index in [0.29, 0.717) is 5.56 Å². The Kier molecular flexibility index (Phi) is 4.46. The molecule has 0 atom stereocenters. The van der Waals surface area contributed by atoms with Crippen LogP contribution in [0.2, 0.25) is 0 Å². The van der Waals surface area contributed by atoms with Crippen LogP contribution in [0.5, 0.6) is 0 Å². The molecule has 0 saturated carbocycles. The van der Waals surface area contributed by atoms with Gasteiger partial charge in [-0.2, -0.15) is 0 Å². The topological polar surface area (TPSA) is 118 Å². The number of hydrogen-bond acceptors (Lipinski definition) is 8. The number of non-ortho nitro benzene ring substituents is 1. The van der Waals surface area contributed by atoms with Crippen molar-refractivity contribution in [1.29, 1.82) is 0 Å². The summed E-state index contributed by atoms with van der Waals surface area (Å²) in [5.74, 6) is 0.258. The average Bonchev–Trinajstić information content (AvgIpc) is 2.95. The van der Waals surface area contributed by atoms with Gasteiger partial charge in [-0.1, -0.05) is 0 Å². The molecular formula is C11H12N3O6P. The molecule has 0 aliphatic heterocycles. The van der Waals surface area contributed by atoms with Gasteiger partial charge in [-0.3, -0.25) is 14.7 Å². The zero-order chi connectivity index (χ0) is 15.5. The first-order valence-electron chi connectivity index (χ1n) is 5.75. The number of hydrogen-bond donors (Lipinski definition) is 0. The third-order valence-electron chi connectivity index (χ3n) is 2.68. The van der Waals surface area contributed by atoms with Crippen molar-refractivity contribution in [3.8, 4) is 11.5 Å². The second-order valence-electron chi connectivity index (χ2n) is 3.94. The molecule has 0 saturated heterocycles. The molecule has 0 unspecified atom stereocenters. The van der Waals surface area contributed by atoms with E-state index in [4.69, 9.17) is 13.5 Å². The van der Waals surface area contributed by atoms with Crippen LogP contribution in [0.4, 0.5) is 5.69 Å². The van der Waals surface area contributed by atoms with Crippen LogP contribution in [0, 0.1) is 10.1 Å². The molecule has 0 bridgehead atoms. The number of nitrogens with zero attached hydrogens (tertiary/aromatic N) is 3. The van der Waals surface area contributed by atoms with Gasteiger partial charge in [0.2, 0.25) is 11.8 Å². The molecule has 0 fully saturated rings. The van der Waals surface area contributed by atoms with Gasteiger partial charge in [-0.05, 0) is 12.1 Å². The van der Waals surface area contributed by atoms with Crippen molar-refractivity contribution < 1.29 is 23.0 Å². The molecule has 0 aliphatic rings. The van der Waals surface area contributed by atoms with Gasteiger partial charge < -0.3 is 13.5 Å². The van der Waals surface area contributed by atoms with E-state index in [1.165, 1.54) is 38.5 Å². The summed E-state index contributed by atoms with van der Waals surface area (Å²) in [4.78, 5) is 10.1. The molecule has 10 heteroatoms. The fourth-order valence-corrected chi connectivity index (χ4v) is 2.40. The first-order chi connectivity index (χ1) is 9.97. The Bertz CT molecular complexity index is 676. The molecule has 1 aromatic carbocycles. The first-order valence-corrected chi connectivity index (χ1v) is 7.48. The number of benzene rings is 1. The van der Waals surface area contributed by atoms with Crippen LogP contribution in [0.25, 0.3) is 11.5 Å². The Morgan fingerprint density at radius 3 is 2.38 bits per heavy atom. The van der Waals surface area contributed by atoms with Crippen LogP contribution < -0.4 is 0 Å². The molecule has 2 aromatic rings. The summed E-state index contributed by atoms with van der Waals surface area (Å²) in [6.45, 7) is 0. The summed E-state index contributed by atoms with van der Waals surface area (Å²) in [6, 6.07) is 5.63. The summed E-state index contributed by atoms with van der Waals surface area (Å²) in [5, 5.41) is 18.1. The lowest BCUT2D eigenvalue weighted by atomic mass is 10.2. The van der Waals surface area contributed by atoms with Gasteiger partial charge >= 0.3 is 7.60 Å². The highest BCUT2D eigenvalue weighted by molar-refractivity contribution is 7.52. The summed E-state index contributed by atoms with van der Waals surface area (Å²) >= 11 is 0. The van der Waals surface area contributed by atoms with Gasteiger partial charge in [0.15, 0.2) is 0 Å². The maximum Gasteiger partial charge on any atom is 0.339 e. The largest absolute Gasteiger partial charge is 0.420 e. The van der Waals surface area contributed by atoms with E-state index in [9.17, 15) is 14.7 Å². The smallest absolute Gasteiger partial charge is 0.339 e. The number of nitro groups is 1. The summed E-state index contributed by atoms with van der Waals surface area (Å²) < 4.78 is 26.8. The van der Waals surface area contributed by atoms with Gasteiger partial charge in [-0.15, -0.1) is 10.2 Å². The zero-order valence-electron chi connectivity index (χ0n) is 11.3. The van der Waals surface area contributed by atoms with E-state index < -0.39 is 12.5 Å². The fraction of sp³-hybridized carbons (Fsp3) is 0.273. The average molecular weight is 313 g/mol. The van der Waals surface area contributed by atoms with Crippen LogP contribution in [0.1, 0.15) is 5.89 Å². The second-order valence-corrected chi connectivity index (χ2v) is 6.21. The highest BCUT2D eigenvalue weighted by atomic mass is 31.2. The number of nitro benzene ring substituents is 1. The van der Waals surface area contributed by atoms with Crippen LogP contribution in [-0.4, -0.2) is 29.3 Å². The molecule has 1 heterocycles. The Morgan fingerprint density at radius 1 is 1.24 bits per heavy atom. The first kappa shape index (κ1) is 15.3. The van der Waals surface area contributed by atoms with Gasteiger partial charge in [0.1, 0.15) is 6.16 Å². The minimum absolute atomic E-state index is 0.0400. The lowest BCUT2D eigenvalue weighted by molar-refractivity contribution is -0.384. The molecule has 0 N–H and O–H groups in total. The lowest BCUT2D eigenvalue weighted by Gasteiger charge is -2.10. The van der Waals surface area contributed by atoms with Crippen LogP contribution >= 0.6 is 7.60 Å². The number of aromatic nitrogens is 2. The van der Waals surface area contributed by atoms with Crippen LogP contribution in [0.15, 0.2) is 28.7 Å².